The standard InChI is InChI=1S/C16H22N4/c1-19(2)11-6-12-20(3)14-8-9-16(18-13-14)15-7-4-5-10-17-15/h4-5,7-10,13H,6,11-12H2,1-3H3. The van der Waals surface area contributed by atoms with Crippen molar-refractivity contribution < 1.29 is 0 Å². The Morgan fingerprint density at radius 2 is 1.70 bits per heavy atom. The summed E-state index contributed by atoms with van der Waals surface area (Å²) < 4.78 is 0. The van der Waals surface area contributed by atoms with Crippen LogP contribution in [0.15, 0.2) is 42.7 Å². The van der Waals surface area contributed by atoms with E-state index in [1.807, 2.05) is 30.5 Å². The first kappa shape index (κ1) is 14.5. The summed E-state index contributed by atoms with van der Waals surface area (Å²) in [5.41, 5.74) is 2.97. The van der Waals surface area contributed by atoms with E-state index in [0.717, 1.165) is 36.6 Å². The van der Waals surface area contributed by atoms with Gasteiger partial charge in [0.05, 0.1) is 23.3 Å². The second-order valence-electron chi connectivity index (χ2n) is 5.20. The van der Waals surface area contributed by atoms with Crippen LogP contribution < -0.4 is 4.90 Å². The lowest BCUT2D eigenvalue weighted by Crippen LogP contribution is -2.23. The lowest BCUT2D eigenvalue weighted by Gasteiger charge is -2.20. The van der Waals surface area contributed by atoms with Gasteiger partial charge in [-0.15, -0.1) is 0 Å². The molecular weight excluding hydrogens is 248 g/mol. The summed E-state index contributed by atoms with van der Waals surface area (Å²) in [5, 5.41) is 0. The molecule has 2 aromatic heterocycles. The first-order valence-corrected chi connectivity index (χ1v) is 6.90. The van der Waals surface area contributed by atoms with E-state index < -0.39 is 0 Å². The van der Waals surface area contributed by atoms with Crippen molar-refractivity contribution in [2.75, 3.05) is 39.1 Å². The van der Waals surface area contributed by atoms with E-state index in [0.29, 0.717) is 0 Å². The third kappa shape index (κ3) is 4.03. The first-order valence-electron chi connectivity index (χ1n) is 6.90. The van der Waals surface area contributed by atoms with Gasteiger partial charge in [0, 0.05) is 19.8 Å². The van der Waals surface area contributed by atoms with E-state index >= 15 is 0 Å². The van der Waals surface area contributed by atoms with Crippen LogP contribution in [0.1, 0.15) is 6.42 Å². The van der Waals surface area contributed by atoms with Crippen molar-refractivity contribution in [3.8, 4) is 11.4 Å². The van der Waals surface area contributed by atoms with Crippen molar-refractivity contribution in [2.24, 2.45) is 0 Å². The minimum absolute atomic E-state index is 0.911. The molecule has 0 spiro atoms. The Hall–Kier alpha value is -1.94. The van der Waals surface area contributed by atoms with E-state index in [-0.39, 0.29) is 0 Å². The maximum Gasteiger partial charge on any atom is 0.0887 e. The van der Waals surface area contributed by atoms with Crippen molar-refractivity contribution in [2.45, 2.75) is 6.42 Å². The molecule has 2 aromatic rings. The number of hydrogen-bond acceptors (Lipinski definition) is 4. The first-order chi connectivity index (χ1) is 9.66. The summed E-state index contributed by atoms with van der Waals surface area (Å²) in [5.74, 6) is 0. The molecule has 0 aliphatic rings. The molecule has 0 radical (unpaired) electrons. The average Bonchev–Trinajstić information content (AvgIpc) is 2.48. The number of hydrogen-bond donors (Lipinski definition) is 0. The summed E-state index contributed by atoms with van der Waals surface area (Å²) in [4.78, 5) is 13.2. The van der Waals surface area contributed by atoms with Gasteiger partial charge in [-0.1, -0.05) is 6.07 Å². The maximum absolute atomic E-state index is 4.50. The molecule has 2 rings (SSSR count). The van der Waals surface area contributed by atoms with E-state index in [1.54, 1.807) is 6.20 Å². The fraction of sp³-hybridized carbons (Fsp3) is 0.375. The van der Waals surface area contributed by atoms with E-state index in [2.05, 4.69) is 47.0 Å². The second-order valence-corrected chi connectivity index (χ2v) is 5.20. The molecule has 0 bridgehead atoms. The molecule has 4 heteroatoms. The van der Waals surface area contributed by atoms with Crippen LogP contribution >= 0.6 is 0 Å². The van der Waals surface area contributed by atoms with E-state index in [1.165, 1.54) is 0 Å². The highest BCUT2D eigenvalue weighted by Gasteiger charge is 2.04. The fourth-order valence-corrected chi connectivity index (χ4v) is 2.03. The number of aromatic nitrogens is 2. The molecule has 0 saturated carbocycles. The Labute approximate surface area is 121 Å². The van der Waals surface area contributed by atoms with Gasteiger partial charge in [0.2, 0.25) is 0 Å². The van der Waals surface area contributed by atoms with Gasteiger partial charge >= 0.3 is 0 Å². The molecule has 20 heavy (non-hydrogen) atoms. The average molecular weight is 270 g/mol. The zero-order chi connectivity index (χ0) is 14.4. The zero-order valence-corrected chi connectivity index (χ0v) is 12.5. The molecule has 0 aliphatic heterocycles. The molecule has 0 atom stereocenters. The molecule has 0 unspecified atom stereocenters. The van der Waals surface area contributed by atoms with Gasteiger partial charge in [-0.25, -0.2) is 0 Å². The molecular formula is C16H22N4. The van der Waals surface area contributed by atoms with Crippen LogP contribution in [0.25, 0.3) is 11.4 Å². The molecule has 0 amide bonds. The summed E-state index contributed by atoms with van der Waals surface area (Å²) in [6.07, 6.45) is 4.85. The van der Waals surface area contributed by atoms with Gasteiger partial charge in [0.1, 0.15) is 0 Å². The second kappa shape index (κ2) is 7.01. The molecule has 2 heterocycles. The Morgan fingerprint density at radius 1 is 0.900 bits per heavy atom. The minimum atomic E-state index is 0.911. The lowest BCUT2D eigenvalue weighted by atomic mass is 10.2. The highest BCUT2D eigenvalue weighted by Crippen LogP contribution is 2.17. The normalized spacial score (nSPS) is 10.8. The number of anilines is 1. The van der Waals surface area contributed by atoms with Gasteiger partial charge in [-0.05, 0) is 51.3 Å². The summed E-state index contributed by atoms with van der Waals surface area (Å²) in [6.45, 7) is 2.13. The van der Waals surface area contributed by atoms with Crippen LogP contribution in [0.2, 0.25) is 0 Å². The van der Waals surface area contributed by atoms with Gasteiger partial charge < -0.3 is 9.80 Å². The Kier molecular flexibility index (Phi) is 5.07. The molecule has 0 N–H and O–H groups in total. The summed E-state index contributed by atoms with van der Waals surface area (Å²) >= 11 is 0. The van der Waals surface area contributed by atoms with Crippen LogP contribution in [-0.4, -0.2) is 49.1 Å². The Balaban J connectivity index is 1.97. The molecule has 0 fully saturated rings. The van der Waals surface area contributed by atoms with E-state index in [4.69, 9.17) is 0 Å². The molecule has 0 aliphatic carbocycles. The summed E-state index contributed by atoms with van der Waals surface area (Å²) in [7, 11) is 6.31. The minimum Gasteiger partial charge on any atom is -0.373 e. The maximum atomic E-state index is 4.50. The highest BCUT2D eigenvalue weighted by molar-refractivity contribution is 5.57. The number of rotatable bonds is 6. The fourth-order valence-electron chi connectivity index (χ4n) is 2.03. The van der Waals surface area contributed by atoms with Crippen molar-refractivity contribution in [1.82, 2.24) is 14.9 Å². The number of pyridine rings is 2. The van der Waals surface area contributed by atoms with Crippen molar-refractivity contribution in [1.29, 1.82) is 0 Å². The van der Waals surface area contributed by atoms with Crippen LogP contribution in [0.4, 0.5) is 5.69 Å². The van der Waals surface area contributed by atoms with Gasteiger partial charge in [-0.3, -0.25) is 9.97 Å². The Morgan fingerprint density at radius 3 is 2.30 bits per heavy atom. The number of nitrogens with zero attached hydrogens (tertiary/aromatic N) is 4. The monoisotopic (exact) mass is 270 g/mol. The lowest BCUT2D eigenvalue weighted by molar-refractivity contribution is 0.401. The van der Waals surface area contributed by atoms with Crippen LogP contribution in [0.5, 0.6) is 0 Å². The van der Waals surface area contributed by atoms with Crippen molar-refractivity contribution in [3.05, 3.63) is 42.7 Å². The zero-order valence-electron chi connectivity index (χ0n) is 12.5. The van der Waals surface area contributed by atoms with Gasteiger partial charge in [0.15, 0.2) is 0 Å². The largest absolute Gasteiger partial charge is 0.373 e. The van der Waals surface area contributed by atoms with Crippen molar-refractivity contribution in [3.63, 3.8) is 0 Å². The van der Waals surface area contributed by atoms with Crippen LogP contribution in [0.3, 0.4) is 0 Å². The molecule has 0 aromatic carbocycles. The van der Waals surface area contributed by atoms with Crippen molar-refractivity contribution >= 4 is 5.69 Å². The van der Waals surface area contributed by atoms with Gasteiger partial charge in [-0.2, -0.15) is 0 Å². The predicted octanol–water partition coefficient (Wildman–Crippen LogP) is 2.53. The molecule has 106 valence electrons. The van der Waals surface area contributed by atoms with Gasteiger partial charge in [0.25, 0.3) is 0 Å². The SMILES string of the molecule is CN(C)CCCN(C)c1ccc(-c2ccccn2)nc1. The summed E-state index contributed by atoms with van der Waals surface area (Å²) in [6, 6.07) is 10.00. The van der Waals surface area contributed by atoms with Crippen LogP contribution in [0, 0.1) is 0 Å². The molecule has 4 nitrogen and oxygen atoms in total. The van der Waals surface area contributed by atoms with Crippen LogP contribution in [-0.2, 0) is 0 Å². The quantitative estimate of drug-likeness (QED) is 0.807. The molecule has 0 saturated heterocycles. The predicted molar refractivity (Wildman–Crippen MR) is 83.9 cm³/mol. The third-order valence-corrected chi connectivity index (χ3v) is 3.21. The van der Waals surface area contributed by atoms with E-state index in [9.17, 15) is 0 Å². The Bertz CT molecular complexity index is 508. The smallest absolute Gasteiger partial charge is 0.0887 e. The third-order valence-electron chi connectivity index (χ3n) is 3.21. The highest BCUT2D eigenvalue weighted by atomic mass is 15.1. The topological polar surface area (TPSA) is 32.3 Å².